The minimum Gasteiger partial charge on any atom is -0.408 e. The van der Waals surface area contributed by atoms with Gasteiger partial charge in [0.25, 0.3) is 0 Å². The number of H-pyrrole nitrogens is 1. The molecule has 2 aromatic rings. The van der Waals surface area contributed by atoms with E-state index in [4.69, 9.17) is 4.42 Å². The van der Waals surface area contributed by atoms with Crippen molar-refractivity contribution in [1.82, 2.24) is 10.3 Å². The van der Waals surface area contributed by atoms with Gasteiger partial charge in [0.15, 0.2) is 5.58 Å². The highest BCUT2D eigenvalue weighted by atomic mass is 16.4. The van der Waals surface area contributed by atoms with Crippen LogP contribution in [0.2, 0.25) is 0 Å². The minimum atomic E-state index is -0.468. The second kappa shape index (κ2) is 4.22. The van der Waals surface area contributed by atoms with Gasteiger partial charge in [0.05, 0.1) is 5.52 Å². The molecule has 0 aliphatic heterocycles. The Kier molecular flexibility index (Phi) is 2.76. The molecule has 0 aliphatic rings. The molecule has 0 atom stereocenters. The second-order valence-electron chi connectivity index (χ2n) is 3.48. The highest BCUT2D eigenvalue weighted by molar-refractivity contribution is 5.76. The average Bonchev–Trinajstić information content (AvgIpc) is 2.65. The molecule has 1 amide bonds. The molecular formula is C11H12N2O3. The zero-order chi connectivity index (χ0) is 11.5. The van der Waals surface area contributed by atoms with Crippen molar-refractivity contribution in [1.29, 1.82) is 0 Å². The van der Waals surface area contributed by atoms with E-state index in [9.17, 15) is 9.59 Å². The van der Waals surface area contributed by atoms with E-state index in [0.29, 0.717) is 24.1 Å². The molecular weight excluding hydrogens is 208 g/mol. The molecule has 2 N–H and O–H groups in total. The van der Waals surface area contributed by atoms with Crippen LogP contribution in [0.3, 0.4) is 0 Å². The van der Waals surface area contributed by atoms with Crippen LogP contribution in [0.1, 0.15) is 18.9 Å². The van der Waals surface area contributed by atoms with Gasteiger partial charge in [0, 0.05) is 13.0 Å². The molecule has 5 nitrogen and oxygen atoms in total. The van der Waals surface area contributed by atoms with Crippen molar-refractivity contribution < 1.29 is 9.21 Å². The van der Waals surface area contributed by atoms with Gasteiger partial charge in [-0.25, -0.2) is 4.79 Å². The third kappa shape index (κ3) is 2.13. The minimum absolute atomic E-state index is 0.000726. The molecule has 0 saturated carbocycles. The first-order valence-corrected chi connectivity index (χ1v) is 5.07. The summed E-state index contributed by atoms with van der Waals surface area (Å²) in [4.78, 5) is 24.6. The topological polar surface area (TPSA) is 75.1 Å². The van der Waals surface area contributed by atoms with E-state index in [-0.39, 0.29) is 5.91 Å². The van der Waals surface area contributed by atoms with Gasteiger partial charge in [0.1, 0.15) is 0 Å². The van der Waals surface area contributed by atoms with Gasteiger partial charge in [-0.05, 0) is 17.7 Å². The monoisotopic (exact) mass is 220 g/mol. The molecule has 1 heterocycles. The first-order valence-electron chi connectivity index (χ1n) is 5.07. The fourth-order valence-electron chi connectivity index (χ4n) is 1.43. The molecule has 84 valence electrons. The van der Waals surface area contributed by atoms with E-state index in [1.54, 1.807) is 19.1 Å². The number of aromatic nitrogens is 1. The van der Waals surface area contributed by atoms with Crippen molar-refractivity contribution in [2.75, 3.05) is 0 Å². The Labute approximate surface area is 91.5 Å². The molecule has 2 rings (SSSR count). The van der Waals surface area contributed by atoms with Crippen molar-refractivity contribution >= 4 is 17.0 Å². The lowest BCUT2D eigenvalue weighted by atomic mass is 10.2. The molecule has 5 heteroatoms. The van der Waals surface area contributed by atoms with Crippen LogP contribution in [0.4, 0.5) is 0 Å². The molecule has 0 saturated heterocycles. The molecule has 1 aromatic heterocycles. The number of amides is 1. The summed E-state index contributed by atoms with van der Waals surface area (Å²) in [6.45, 7) is 2.25. The number of nitrogens with one attached hydrogen (secondary N) is 2. The van der Waals surface area contributed by atoms with Crippen LogP contribution >= 0.6 is 0 Å². The van der Waals surface area contributed by atoms with Gasteiger partial charge < -0.3 is 9.73 Å². The van der Waals surface area contributed by atoms with E-state index in [1.807, 2.05) is 6.07 Å². The van der Waals surface area contributed by atoms with Crippen molar-refractivity contribution in [3.8, 4) is 0 Å². The number of hydrogen-bond acceptors (Lipinski definition) is 3. The maximum Gasteiger partial charge on any atom is 0.417 e. The van der Waals surface area contributed by atoms with E-state index < -0.39 is 5.76 Å². The lowest BCUT2D eigenvalue weighted by molar-refractivity contribution is -0.120. The molecule has 16 heavy (non-hydrogen) atoms. The molecule has 0 radical (unpaired) electrons. The molecule has 0 fully saturated rings. The lowest BCUT2D eigenvalue weighted by Gasteiger charge is -2.02. The van der Waals surface area contributed by atoms with Gasteiger partial charge in [-0.1, -0.05) is 13.0 Å². The fourth-order valence-corrected chi connectivity index (χ4v) is 1.43. The van der Waals surface area contributed by atoms with E-state index in [2.05, 4.69) is 10.3 Å². The summed E-state index contributed by atoms with van der Waals surface area (Å²) >= 11 is 0. The first-order chi connectivity index (χ1) is 7.69. The summed E-state index contributed by atoms with van der Waals surface area (Å²) in [5.41, 5.74) is 2.09. The maximum atomic E-state index is 11.1. The Balaban J connectivity index is 2.19. The predicted molar refractivity (Wildman–Crippen MR) is 59.0 cm³/mol. The molecule has 0 unspecified atom stereocenters. The Morgan fingerprint density at radius 1 is 1.50 bits per heavy atom. The average molecular weight is 220 g/mol. The second-order valence-corrected chi connectivity index (χ2v) is 3.48. The Bertz CT molecular complexity index is 568. The standard InChI is InChI=1S/C11H12N2O3/c1-2-10(14)12-6-7-3-4-9-8(5-7)13-11(15)16-9/h3-5H,2,6H2,1H3,(H,12,14)(H,13,15). The van der Waals surface area contributed by atoms with Crippen LogP contribution in [0.5, 0.6) is 0 Å². The quantitative estimate of drug-likeness (QED) is 0.814. The van der Waals surface area contributed by atoms with Gasteiger partial charge in [-0.2, -0.15) is 0 Å². The van der Waals surface area contributed by atoms with Crippen molar-refractivity contribution in [3.63, 3.8) is 0 Å². The summed E-state index contributed by atoms with van der Waals surface area (Å²) < 4.78 is 4.87. The Morgan fingerprint density at radius 3 is 3.06 bits per heavy atom. The summed E-state index contributed by atoms with van der Waals surface area (Å²) in [5, 5.41) is 2.76. The number of carbonyl (C=O) groups excluding carboxylic acids is 1. The smallest absolute Gasteiger partial charge is 0.408 e. The highest BCUT2D eigenvalue weighted by Crippen LogP contribution is 2.11. The van der Waals surface area contributed by atoms with Gasteiger partial charge in [0.2, 0.25) is 5.91 Å². The van der Waals surface area contributed by atoms with Gasteiger partial charge >= 0.3 is 5.76 Å². The number of fused-ring (bicyclic) bond motifs is 1. The van der Waals surface area contributed by atoms with E-state index in [1.165, 1.54) is 0 Å². The number of oxazole rings is 1. The van der Waals surface area contributed by atoms with Crippen molar-refractivity contribution in [2.45, 2.75) is 19.9 Å². The van der Waals surface area contributed by atoms with Crippen LogP contribution in [-0.2, 0) is 11.3 Å². The summed E-state index contributed by atoms with van der Waals surface area (Å²) in [6, 6.07) is 5.31. The normalized spacial score (nSPS) is 10.6. The molecule has 0 aliphatic carbocycles. The Hall–Kier alpha value is -2.04. The van der Waals surface area contributed by atoms with E-state index >= 15 is 0 Å². The van der Waals surface area contributed by atoms with Gasteiger partial charge in [-0.15, -0.1) is 0 Å². The Morgan fingerprint density at radius 2 is 2.31 bits per heavy atom. The van der Waals surface area contributed by atoms with Crippen molar-refractivity contribution in [2.24, 2.45) is 0 Å². The summed E-state index contributed by atoms with van der Waals surface area (Å²) in [7, 11) is 0. The largest absolute Gasteiger partial charge is 0.417 e. The first kappa shape index (κ1) is 10.5. The van der Waals surface area contributed by atoms with Crippen LogP contribution in [0.25, 0.3) is 11.1 Å². The SMILES string of the molecule is CCC(=O)NCc1ccc2oc(=O)[nH]c2c1. The van der Waals surface area contributed by atoms with Crippen LogP contribution < -0.4 is 11.1 Å². The number of carbonyl (C=O) groups is 1. The maximum absolute atomic E-state index is 11.1. The number of hydrogen-bond donors (Lipinski definition) is 2. The number of benzene rings is 1. The fraction of sp³-hybridized carbons (Fsp3) is 0.273. The molecule has 1 aromatic carbocycles. The van der Waals surface area contributed by atoms with Crippen LogP contribution in [0, 0.1) is 0 Å². The van der Waals surface area contributed by atoms with Crippen LogP contribution in [-0.4, -0.2) is 10.9 Å². The summed E-state index contributed by atoms with van der Waals surface area (Å²) in [6.07, 6.45) is 0.463. The number of rotatable bonds is 3. The zero-order valence-electron chi connectivity index (χ0n) is 8.87. The zero-order valence-corrected chi connectivity index (χ0v) is 8.87. The van der Waals surface area contributed by atoms with Gasteiger partial charge in [-0.3, -0.25) is 9.78 Å². The van der Waals surface area contributed by atoms with Crippen LogP contribution in [0.15, 0.2) is 27.4 Å². The lowest BCUT2D eigenvalue weighted by Crippen LogP contribution is -2.21. The van der Waals surface area contributed by atoms with Crippen molar-refractivity contribution in [3.05, 3.63) is 34.3 Å². The third-order valence-corrected chi connectivity index (χ3v) is 2.29. The highest BCUT2D eigenvalue weighted by Gasteiger charge is 2.02. The summed E-state index contributed by atoms with van der Waals surface area (Å²) in [5.74, 6) is -0.467. The predicted octanol–water partition coefficient (Wildman–Crippen LogP) is 1.15. The number of aromatic amines is 1. The molecule has 0 bridgehead atoms. The van der Waals surface area contributed by atoms with E-state index in [0.717, 1.165) is 5.56 Å². The molecule has 0 spiro atoms. The third-order valence-electron chi connectivity index (χ3n) is 2.29.